The first-order valence-electron chi connectivity index (χ1n) is 13.4. The maximum absolute atomic E-state index is 13.5. The second-order valence-corrected chi connectivity index (χ2v) is 10.8. The molecular formula is C28H41N5O6. The van der Waals surface area contributed by atoms with Gasteiger partial charge in [0, 0.05) is 6.54 Å². The zero-order valence-corrected chi connectivity index (χ0v) is 23.8. The van der Waals surface area contributed by atoms with E-state index < -0.39 is 30.1 Å². The monoisotopic (exact) mass is 543 g/mol. The van der Waals surface area contributed by atoms with Crippen molar-refractivity contribution in [2.75, 3.05) is 13.7 Å². The van der Waals surface area contributed by atoms with Crippen molar-refractivity contribution in [1.29, 1.82) is 0 Å². The third-order valence-corrected chi connectivity index (χ3v) is 7.13. The summed E-state index contributed by atoms with van der Waals surface area (Å²) >= 11 is 0. The molecule has 2 heterocycles. The maximum atomic E-state index is 13.5. The molecule has 3 rings (SSSR count). The molecule has 11 heteroatoms. The van der Waals surface area contributed by atoms with E-state index in [1.54, 1.807) is 0 Å². The quantitative estimate of drug-likeness (QED) is 0.411. The Labute approximate surface area is 230 Å². The van der Waals surface area contributed by atoms with Crippen molar-refractivity contribution in [1.82, 2.24) is 26.1 Å². The molecule has 1 aromatic rings. The van der Waals surface area contributed by atoms with E-state index in [0.29, 0.717) is 19.4 Å². The van der Waals surface area contributed by atoms with E-state index >= 15 is 0 Å². The highest BCUT2D eigenvalue weighted by Gasteiger charge is 2.41. The standard InChI is InChI=1S/C28H41N5O6/c1-16(2)23(25(34)21-15-39-33(31-21)19(6)20-11-8-10-18(5)14-20)29-26(35)22-12-9-13-32(22)27(36)24(17(3)4)30-28(37)38-7/h8,10-11,14-17,19,22-24,31H,9,12-13H2,1-7H3,(H,29,35)(H,30,37)/t19?,22-,23?,24-/m0/s1. The molecule has 3 amide bonds. The Kier molecular flexibility index (Phi) is 9.96. The molecule has 1 aromatic carbocycles. The Bertz CT molecular complexity index is 1100. The number of methoxy groups -OCH3 is 1. The fourth-order valence-corrected chi connectivity index (χ4v) is 4.78. The molecular weight excluding hydrogens is 502 g/mol. The minimum atomic E-state index is -0.834. The molecule has 0 radical (unpaired) electrons. The van der Waals surface area contributed by atoms with Crippen LogP contribution in [0.15, 0.2) is 36.2 Å². The number of carbonyl (C=O) groups is 4. The molecule has 0 aliphatic carbocycles. The Balaban J connectivity index is 1.67. The summed E-state index contributed by atoms with van der Waals surface area (Å²) in [5, 5.41) is 6.95. The Morgan fingerprint density at radius 3 is 2.36 bits per heavy atom. The summed E-state index contributed by atoms with van der Waals surface area (Å²) in [7, 11) is 1.23. The van der Waals surface area contributed by atoms with Crippen LogP contribution in [0.5, 0.6) is 0 Å². The van der Waals surface area contributed by atoms with Gasteiger partial charge in [0.15, 0.2) is 0 Å². The fraction of sp³-hybridized carbons (Fsp3) is 0.571. The summed E-state index contributed by atoms with van der Waals surface area (Å²) in [6.07, 6.45) is 1.75. The predicted octanol–water partition coefficient (Wildman–Crippen LogP) is 2.73. The summed E-state index contributed by atoms with van der Waals surface area (Å²) < 4.78 is 4.66. The van der Waals surface area contributed by atoms with Gasteiger partial charge in [0.05, 0.1) is 19.2 Å². The van der Waals surface area contributed by atoms with Crippen molar-refractivity contribution in [3.8, 4) is 0 Å². The number of alkyl carbamates (subject to hydrolysis) is 1. The normalized spacial score (nSPS) is 19.6. The number of benzene rings is 1. The molecule has 0 bridgehead atoms. The highest BCUT2D eigenvalue weighted by atomic mass is 16.7. The van der Waals surface area contributed by atoms with Gasteiger partial charge in [-0.1, -0.05) is 57.5 Å². The lowest BCUT2D eigenvalue weighted by Gasteiger charge is -2.31. The summed E-state index contributed by atoms with van der Waals surface area (Å²) in [5.41, 5.74) is 5.39. The van der Waals surface area contributed by atoms with Gasteiger partial charge in [-0.15, -0.1) is 0 Å². The SMILES string of the molecule is COC(=O)N[C@H](C(=O)N1CCC[C@H]1C(=O)NC(C(=O)C1=CON(C(C)c2cccc(C)c2)N1)C(C)C)C(C)C. The van der Waals surface area contributed by atoms with Crippen LogP contribution in [0.3, 0.4) is 0 Å². The fourth-order valence-electron chi connectivity index (χ4n) is 4.78. The van der Waals surface area contributed by atoms with Gasteiger partial charge in [-0.3, -0.25) is 19.8 Å². The molecule has 4 atom stereocenters. The highest BCUT2D eigenvalue weighted by Crippen LogP contribution is 2.25. The van der Waals surface area contributed by atoms with Crippen LogP contribution in [-0.4, -0.2) is 65.5 Å². The molecule has 3 N–H and O–H groups in total. The number of carbonyl (C=O) groups excluding carboxylic acids is 4. The molecule has 2 unspecified atom stereocenters. The van der Waals surface area contributed by atoms with Gasteiger partial charge >= 0.3 is 6.09 Å². The van der Waals surface area contributed by atoms with Crippen LogP contribution in [0.2, 0.25) is 0 Å². The topological polar surface area (TPSA) is 129 Å². The van der Waals surface area contributed by atoms with Gasteiger partial charge in [-0.05, 0) is 49.3 Å². The first kappa shape index (κ1) is 29.9. The Morgan fingerprint density at radius 1 is 1.05 bits per heavy atom. The molecule has 0 aromatic heterocycles. The molecule has 1 fully saturated rings. The summed E-state index contributed by atoms with van der Waals surface area (Å²) in [5.74, 6) is -1.51. The van der Waals surface area contributed by atoms with E-state index in [1.165, 1.54) is 23.4 Å². The van der Waals surface area contributed by atoms with Crippen LogP contribution in [0, 0.1) is 18.8 Å². The number of nitrogens with one attached hydrogen (secondary N) is 3. The number of ketones is 1. The van der Waals surface area contributed by atoms with Gasteiger partial charge in [0.25, 0.3) is 0 Å². The van der Waals surface area contributed by atoms with Crippen molar-refractivity contribution in [3.63, 3.8) is 0 Å². The van der Waals surface area contributed by atoms with Crippen LogP contribution in [-0.2, 0) is 24.0 Å². The maximum Gasteiger partial charge on any atom is 0.407 e. The summed E-state index contributed by atoms with van der Waals surface area (Å²) in [6, 6.07) is 5.42. The molecule has 0 spiro atoms. The minimum Gasteiger partial charge on any atom is -0.453 e. The number of aryl methyl sites for hydroxylation is 1. The molecule has 1 saturated heterocycles. The lowest BCUT2D eigenvalue weighted by molar-refractivity contribution is -0.147. The molecule has 2 aliphatic heterocycles. The van der Waals surface area contributed by atoms with E-state index in [0.717, 1.165) is 11.1 Å². The second-order valence-electron chi connectivity index (χ2n) is 10.8. The average molecular weight is 544 g/mol. The van der Waals surface area contributed by atoms with E-state index in [-0.39, 0.29) is 35.3 Å². The number of amides is 3. The molecule has 2 aliphatic rings. The number of hydroxylamine groups is 1. The van der Waals surface area contributed by atoms with Crippen LogP contribution in [0.25, 0.3) is 0 Å². The highest BCUT2D eigenvalue weighted by molar-refractivity contribution is 6.02. The number of hydrazine groups is 1. The Morgan fingerprint density at radius 2 is 1.74 bits per heavy atom. The third kappa shape index (κ3) is 7.08. The van der Waals surface area contributed by atoms with E-state index in [1.807, 2.05) is 65.8 Å². The van der Waals surface area contributed by atoms with Crippen LogP contribution >= 0.6 is 0 Å². The number of rotatable bonds is 10. The van der Waals surface area contributed by atoms with Gasteiger partial charge in [0.2, 0.25) is 17.6 Å². The zero-order valence-electron chi connectivity index (χ0n) is 23.8. The first-order chi connectivity index (χ1) is 18.4. The number of hydrogen-bond acceptors (Lipinski definition) is 8. The van der Waals surface area contributed by atoms with Gasteiger partial charge in [-0.2, -0.15) is 0 Å². The summed E-state index contributed by atoms with van der Waals surface area (Å²) in [4.78, 5) is 59.1. The van der Waals surface area contributed by atoms with Crippen molar-refractivity contribution < 1.29 is 28.8 Å². The van der Waals surface area contributed by atoms with Gasteiger partial charge in [0.1, 0.15) is 24.0 Å². The molecule has 11 nitrogen and oxygen atoms in total. The minimum absolute atomic E-state index is 0.177. The Hall–Kier alpha value is -3.60. The van der Waals surface area contributed by atoms with E-state index in [2.05, 4.69) is 20.8 Å². The van der Waals surface area contributed by atoms with Crippen LogP contribution in [0.1, 0.15) is 64.6 Å². The number of hydrogen-bond donors (Lipinski definition) is 3. The van der Waals surface area contributed by atoms with E-state index in [4.69, 9.17) is 4.84 Å². The molecule has 39 heavy (non-hydrogen) atoms. The molecule has 214 valence electrons. The van der Waals surface area contributed by atoms with Crippen molar-refractivity contribution in [2.24, 2.45) is 11.8 Å². The zero-order chi connectivity index (χ0) is 28.9. The second kappa shape index (κ2) is 13.0. The smallest absolute Gasteiger partial charge is 0.407 e. The molecule has 0 saturated carbocycles. The predicted molar refractivity (Wildman–Crippen MR) is 144 cm³/mol. The van der Waals surface area contributed by atoms with Crippen LogP contribution in [0.4, 0.5) is 4.79 Å². The van der Waals surface area contributed by atoms with Crippen molar-refractivity contribution >= 4 is 23.7 Å². The lowest BCUT2D eigenvalue weighted by atomic mass is 9.97. The van der Waals surface area contributed by atoms with Gasteiger partial charge < -0.3 is 25.1 Å². The average Bonchev–Trinajstić information content (AvgIpc) is 3.59. The van der Waals surface area contributed by atoms with Crippen LogP contribution < -0.4 is 16.1 Å². The number of Topliss-reactive ketones (excluding diaryl/α,β-unsaturated/α-hetero) is 1. The first-order valence-corrected chi connectivity index (χ1v) is 13.4. The van der Waals surface area contributed by atoms with Crippen molar-refractivity contribution in [3.05, 3.63) is 47.4 Å². The number of ether oxygens (including phenoxy) is 1. The van der Waals surface area contributed by atoms with E-state index in [9.17, 15) is 19.2 Å². The third-order valence-electron chi connectivity index (χ3n) is 7.13. The largest absolute Gasteiger partial charge is 0.453 e. The van der Waals surface area contributed by atoms with Gasteiger partial charge in [-0.25, -0.2) is 4.79 Å². The number of nitrogens with zero attached hydrogens (tertiary/aromatic N) is 2. The lowest BCUT2D eigenvalue weighted by Crippen LogP contribution is -2.57. The van der Waals surface area contributed by atoms with Crippen molar-refractivity contribution in [2.45, 2.75) is 78.6 Å². The number of likely N-dealkylation sites (tertiary alicyclic amines) is 1. The summed E-state index contributed by atoms with van der Waals surface area (Å²) in [6.45, 7) is 11.7.